The predicted molar refractivity (Wildman–Crippen MR) is 87.6 cm³/mol. The molecule has 21 heavy (non-hydrogen) atoms. The van der Waals surface area contributed by atoms with Crippen molar-refractivity contribution in [1.82, 2.24) is 10.3 Å². The van der Waals surface area contributed by atoms with E-state index >= 15 is 0 Å². The second-order valence-corrected chi connectivity index (χ2v) is 6.90. The SMILES string of the molecule is CC(COC(=O)C1=CC=CNC=C1)SSc1ccccn1. The van der Waals surface area contributed by atoms with Crippen LogP contribution in [0.25, 0.3) is 0 Å². The monoisotopic (exact) mass is 320 g/mol. The highest BCUT2D eigenvalue weighted by Gasteiger charge is 2.12. The predicted octanol–water partition coefficient (Wildman–Crippen LogP) is 3.31. The average molecular weight is 320 g/mol. The summed E-state index contributed by atoms with van der Waals surface area (Å²) < 4.78 is 5.31. The molecule has 1 aromatic heterocycles. The van der Waals surface area contributed by atoms with Gasteiger partial charge in [0.1, 0.15) is 11.6 Å². The van der Waals surface area contributed by atoms with Crippen molar-refractivity contribution in [3.8, 4) is 0 Å². The van der Waals surface area contributed by atoms with Crippen molar-refractivity contribution in [2.75, 3.05) is 6.61 Å². The number of pyridine rings is 1. The lowest BCUT2D eigenvalue weighted by Crippen LogP contribution is -2.14. The highest BCUT2D eigenvalue weighted by atomic mass is 33.1. The summed E-state index contributed by atoms with van der Waals surface area (Å²) in [6.07, 6.45) is 10.4. The molecule has 0 aromatic carbocycles. The number of nitrogens with zero attached hydrogens (tertiary/aromatic N) is 1. The number of hydrogen-bond acceptors (Lipinski definition) is 6. The Labute approximate surface area is 132 Å². The second-order valence-electron chi connectivity index (χ2n) is 4.24. The first-order chi connectivity index (χ1) is 10.3. The minimum atomic E-state index is -0.310. The Bertz CT molecular complexity index is 556. The summed E-state index contributed by atoms with van der Waals surface area (Å²) in [7, 11) is 3.22. The molecule has 0 saturated heterocycles. The Morgan fingerprint density at radius 1 is 1.43 bits per heavy atom. The molecule has 0 bridgehead atoms. The zero-order valence-corrected chi connectivity index (χ0v) is 13.2. The quantitative estimate of drug-likeness (QED) is 0.641. The first-order valence-corrected chi connectivity index (χ1v) is 8.68. The molecular weight excluding hydrogens is 304 g/mol. The third-order valence-corrected chi connectivity index (χ3v) is 5.21. The lowest BCUT2D eigenvalue weighted by Gasteiger charge is -2.11. The molecule has 0 spiro atoms. The molecule has 2 heterocycles. The van der Waals surface area contributed by atoms with E-state index in [0.29, 0.717) is 12.2 Å². The molecule has 0 radical (unpaired) electrons. The van der Waals surface area contributed by atoms with Crippen LogP contribution in [0, 0.1) is 0 Å². The molecule has 1 atom stereocenters. The number of esters is 1. The Morgan fingerprint density at radius 2 is 2.33 bits per heavy atom. The van der Waals surface area contributed by atoms with E-state index < -0.39 is 0 Å². The maximum atomic E-state index is 11.9. The van der Waals surface area contributed by atoms with Gasteiger partial charge in [-0.05, 0) is 48.1 Å². The first kappa shape index (κ1) is 15.7. The van der Waals surface area contributed by atoms with Crippen LogP contribution in [0.1, 0.15) is 6.92 Å². The van der Waals surface area contributed by atoms with Crippen LogP contribution in [0.2, 0.25) is 0 Å². The van der Waals surface area contributed by atoms with Crippen LogP contribution in [0.15, 0.2) is 65.6 Å². The Balaban J connectivity index is 1.73. The van der Waals surface area contributed by atoms with E-state index in [1.807, 2.05) is 25.1 Å². The van der Waals surface area contributed by atoms with E-state index in [9.17, 15) is 4.79 Å². The van der Waals surface area contributed by atoms with Crippen molar-refractivity contribution in [2.24, 2.45) is 0 Å². The van der Waals surface area contributed by atoms with Crippen molar-refractivity contribution in [2.45, 2.75) is 17.2 Å². The normalized spacial score (nSPS) is 14.8. The van der Waals surface area contributed by atoms with Crippen LogP contribution < -0.4 is 5.32 Å². The molecule has 1 aliphatic rings. The van der Waals surface area contributed by atoms with Gasteiger partial charge in [-0.2, -0.15) is 0 Å². The maximum Gasteiger partial charge on any atom is 0.338 e. The minimum Gasteiger partial charge on any atom is -0.461 e. The summed E-state index contributed by atoms with van der Waals surface area (Å²) in [4.78, 5) is 16.1. The van der Waals surface area contributed by atoms with Crippen molar-refractivity contribution in [1.29, 1.82) is 0 Å². The smallest absolute Gasteiger partial charge is 0.338 e. The number of allylic oxidation sites excluding steroid dienone is 2. The van der Waals surface area contributed by atoms with Gasteiger partial charge in [0.2, 0.25) is 0 Å². The number of aromatic nitrogens is 1. The van der Waals surface area contributed by atoms with Gasteiger partial charge in [-0.3, -0.25) is 0 Å². The van der Waals surface area contributed by atoms with Crippen molar-refractivity contribution >= 4 is 27.6 Å². The van der Waals surface area contributed by atoms with Gasteiger partial charge in [-0.15, -0.1) is 0 Å². The molecule has 1 aliphatic heterocycles. The van der Waals surface area contributed by atoms with Gasteiger partial charge in [-0.25, -0.2) is 9.78 Å². The first-order valence-electron chi connectivity index (χ1n) is 6.46. The summed E-state index contributed by atoms with van der Waals surface area (Å²) in [5.74, 6) is -0.310. The van der Waals surface area contributed by atoms with Gasteiger partial charge in [0.15, 0.2) is 0 Å². The molecule has 0 amide bonds. The number of hydrogen-bond donors (Lipinski definition) is 1. The van der Waals surface area contributed by atoms with E-state index in [4.69, 9.17) is 4.74 Å². The van der Waals surface area contributed by atoms with Gasteiger partial charge in [0.25, 0.3) is 0 Å². The van der Waals surface area contributed by atoms with Gasteiger partial charge in [-0.1, -0.05) is 16.9 Å². The van der Waals surface area contributed by atoms with Crippen molar-refractivity contribution in [3.63, 3.8) is 0 Å². The summed E-state index contributed by atoms with van der Waals surface area (Å²) in [6.45, 7) is 2.39. The molecule has 0 fully saturated rings. The fourth-order valence-corrected chi connectivity index (χ4v) is 3.30. The third kappa shape index (κ3) is 5.69. The van der Waals surface area contributed by atoms with Gasteiger partial charge >= 0.3 is 5.97 Å². The molecule has 6 heteroatoms. The summed E-state index contributed by atoms with van der Waals surface area (Å²) in [5.41, 5.74) is 0.533. The zero-order valence-electron chi connectivity index (χ0n) is 11.6. The van der Waals surface area contributed by atoms with Crippen LogP contribution in [0.5, 0.6) is 0 Å². The molecule has 110 valence electrons. The van der Waals surface area contributed by atoms with Gasteiger partial charge in [0, 0.05) is 23.8 Å². The lowest BCUT2D eigenvalue weighted by atomic mass is 10.2. The Kier molecular flexibility index (Phi) is 6.43. The molecule has 4 nitrogen and oxygen atoms in total. The van der Waals surface area contributed by atoms with Gasteiger partial charge in [0.05, 0.1) is 5.57 Å². The fraction of sp³-hybridized carbons (Fsp3) is 0.200. The third-order valence-electron chi connectivity index (χ3n) is 2.45. The van der Waals surface area contributed by atoms with E-state index in [1.165, 1.54) is 0 Å². The molecule has 0 saturated carbocycles. The molecule has 1 aromatic rings. The number of nitrogens with one attached hydrogen (secondary N) is 1. The molecule has 2 rings (SSSR count). The molecule has 1 unspecified atom stereocenters. The second kappa shape index (κ2) is 8.59. The van der Waals surface area contributed by atoms with Crippen LogP contribution >= 0.6 is 21.6 Å². The van der Waals surface area contributed by atoms with E-state index in [1.54, 1.807) is 58.4 Å². The minimum absolute atomic E-state index is 0.185. The van der Waals surface area contributed by atoms with Crippen molar-refractivity contribution in [3.05, 3.63) is 60.6 Å². The van der Waals surface area contributed by atoms with E-state index in [-0.39, 0.29) is 11.2 Å². The summed E-state index contributed by atoms with van der Waals surface area (Å²) in [5, 5.41) is 4.04. The van der Waals surface area contributed by atoms with Crippen LogP contribution in [-0.4, -0.2) is 22.8 Å². The van der Waals surface area contributed by atoms with Crippen LogP contribution in [0.3, 0.4) is 0 Å². The van der Waals surface area contributed by atoms with Gasteiger partial charge < -0.3 is 10.1 Å². The largest absolute Gasteiger partial charge is 0.461 e. The van der Waals surface area contributed by atoms with Crippen molar-refractivity contribution < 1.29 is 9.53 Å². The van der Waals surface area contributed by atoms with E-state index in [2.05, 4.69) is 10.3 Å². The number of carbonyl (C=O) groups is 1. The Hall–Kier alpha value is -1.66. The number of rotatable bonds is 6. The van der Waals surface area contributed by atoms with E-state index in [0.717, 1.165) is 5.03 Å². The molecule has 1 N–H and O–H groups in total. The maximum absolute atomic E-state index is 11.9. The highest BCUT2D eigenvalue weighted by molar-refractivity contribution is 8.76. The molecule has 0 aliphatic carbocycles. The number of carbonyl (C=O) groups excluding carboxylic acids is 1. The summed E-state index contributed by atoms with van der Waals surface area (Å²) >= 11 is 0. The van der Waals surface area contributed by atoms with Crippen LogP contribution in [0.4, 0.5) is 0 Å². The standard InChI is InChI=1S/C15H16N2O2S2/c1-12(20-21-14-6-2-3-9-17-14)11-19-15(18)13-5-4-8-16-10-7-13/h2-10,12,16H,11H2,1H3. The zero-order chi connectivity index (χ0) is 14.9. The topological polar surface area (TPSA) is 51.2 Å². The summed E-state index contributed by atoms with van der Waals surface area (Å²) in [6, 6.07) is 5.79. The Morgan fingerprint density at radius 3 is 3.14 bits per heavy atom. The fourth-order valence-electron chi connectivity index (χ4n) is 1.42. The van der Waals surface area contributed by atoms with Crippen LogP contribution in [-0.2, 0) is 9.53 Å². The lowest BCUT2D eigenvalue weighted by molar-refractivity contribution is -0.138. The highest BCUT2D eigenvalue weighted by Crippen LogP contribution is 2.32. The average Bonchev–Trinajstić information content (AvgIpc) is 2.81. The molecular formula is C15H16N2O2S2. The number of ether oxygens (including phenoxy) is 1.